The Morgan fingerprint density at radius 2 is 1.91 bits per heavy atom. The zero-order valence-electron chi connectivity index (χ0n) is 19.3. The van der Waals surface area contributed by atoms with Crippen LogP contribution in [0.3, 0.4) is 0 Å². The summed E-state index contributed by atoms with van der Waals surface area (Å²) in [5.41, 5.74) is 2.55. The molecule has 0 spiro atoms. The van der Waals surface area contributed by atoms with E-state index in [2.05, 4.69) is 10.6 Å². The fourth-order valence-electron chi connectivity index (χ4n) is 4.52. The molecule has 4 rings (SSSR count). The number of amides is 2. The van der Waals surface area contributed by atoms with Gasteiger partial charge in [0.2, 0.25) is 11.8 Å². The molecule has 3 N–H and O–H groups in total. The third-order valence-corrected chi connectivity index (χ3v) is 6.12. The summed E-state index contributed by atoms with van der Waals surface area (Å²) >= 11 is 0. The van der Waals surface area contributed by atoms with Gasteiger partial charge in [0.15, 0.2) is 0 Å². The zero-order valence-corrected chi connectivity index (χ0v) is 19.3. The topological polar surface area (TPSA) is 115 Å². The zero-order chi connectivity index (χ0) is 24.1. The molecular weight excluding hydrogens is 440 g/mol. The number of hydrogen-bond donors (Lipinski definition) is 3. The quantitative estimate of drug-likeness (QED) is 0.513. The molecule has 182 valence electrons. The van der Waals surface area contributed by atoms with Crippen molar-refractivity contribution in [2.45, 2.75) is 43.6 Å². The van der Waals surface area contributed by atoms with Gasteiger partial charge in [0.25, 0.3) is 0 Å². The van der Waals surface area contributed by atoms with Crippen molar-refractivity contribution in [1.82, 2.24) is 5.32 Å². The molecule has 4 atom stereocenters. The Morgan fingerprint density at radius 1 is 1.12 bits per heavy atom. The van der Waals surface area contributed by atoms with Crippen LogP contribution in [0.2, 0.25) is 0 Å². The first-order chi connectivity index (χ1) is 16.5. The van der Waals surface area contributed by atoms with E-state index in [4.69, 9.17) is 18.9 Å². The number of ether oxygens (including phenoxy) is 4. The minimum absolute atomic E-state index is 0.0340. The molecule has 9 nitrogen and oxygen atoms in total. The highest BCUT2D eigenvalue weighted by molar-refractivity contribution is 5.92. The lowest BCUT2D eigenvalue weighted by molar-refractivity contribution is -0.142. The number of carbonyl (C=O) groups is 2. The first-order valence-corrected chi connectivity index (χ1v) is 11.3. The van der Waals surface area contributed by atoms with E-state index in [1.807, 2.05) is 30.3 Å². The highest BCUT2D eigenvalue weighted by Crippen LogP contribution is 2.47. The van der Waals surface area contributed by atoms with Gasteiger partial charge in [-0.25, -0.2) is 0 Å². The molecule has 2 amide bonds. The summed E-state index contributed by atoms with van der Waals surface area (Å²) < 4.78 is 22.1. The Balaban J connectivity index is 1.39. The third kappa shape index (κ3) is 5.49. The standard InChI is InChI=1S/C25H30N2O7/c1-31-14-24(30)27-16-5-8-21-19(9-16)20-10-18(33-22(13-28)25(20)34-21)11-23(29)26-12-15-3-6-17(32-2)7-4-15/h3-9,18,20,22,25,28H,10-14H2,1-2H3,(H,26,29)(H,27,30)/t18-,20+,22-,25-/m1/s1. The van der Waals surface area contributed by atoms with Gasteiger partial charge in [-0.2, -0.15) is 0 Å². The average molecular weight is 471 g/mol. The normalized spacial score (nSPS) is 22.8. The Labute approximate surface area is 198 Å². The van der Waals surface area contributed by atoms with Crippen LogP contribution in [0, 0.1) is 0 Å². The SMILES string of the molecule is COCC(=O)Nc1ccc2c(c1)[C@@H]1C[C@H](CC(=O)NCc3ccc(OC)cc3)O[C@H](CO)[C@@H]1O2. The minimum atomic E-state index is -0.544. The van der Waals surface area contributed by atoms with Crippen LogP contribution in [0.4, 0.5) is 5.69 Å². The maximum Gasteiger partial charge on any atom is 0.250 e. The number of methoxy groups -OCH3 is 2. The number of nitrogens with one attached hydrogen (secondary N) is 2. The monoisotopic (exact) mass is 470 g/mol. The van der Waals surface area contributed by atoms with Gasteiger partial charge >= 0.3 is 0 Å². The highest BCUT2D eigenvalue weighted by atomic mass is 16.6. The molecule has 1 saturated heterocycles. The maximum atomic E-state index is 12.6. The van der Waals surface area contributed by atoms with Crippen LogP contribution in [-0.4, -0.2) is 62.7 Å². The lowest BCUT2D eigenvalue weighted by Crippen LogP contribution is -2.47. The minimum Gasteiger partial charge on any atom is -0.497 e. The van der Waals surface area contributed by atoms with Crippen LogP contribution in [0.5, 0.6) is 11.5 Å². The molecule has 9 heteroatoms. The summed E-state index contributed by atoms with van der Waals surface area (Å²) in [7, 11) is 3.07. The smallest absolute Gasteiger partial charge is 0.250 e. The van der Waals surface area contributed by atoms with Crippen LogP contribution < -0.4 is 20.1 Å². The van der Waals surface area contributed by atoms with Gasteiger partial charge in [-0.3, -0.25) is 9.59 Å². The van der Waals surface area contributed by atoms with Gasteiger partial charge in [0.1, 0.15) is 30.3 Å². The third-order valence-electron chi connectivity index (χ3n) is 6.12. The summed E-state index contributed by atoms with van der Waals surface area (Å²) in [6, 6.07) is 13.0. The van der Waals surface area contributed by atoms with Gasteiger partial charge in [-0.1, -0.05) is 12.1 Å². The van der Waals surface area contributed by atoms with Crippen molar-refractivity contribution in [3.05, 3.63) is 53.6 Å². The van der Waals surface area contributed by atoms with Crippen molar-refractivity contribution in [3.8, 4) is 11.5 Å². The number of fused-ring (bicyclic) bond motifs is 3. The van der Waals surface area contributed by atoms with Gasteiger partial charge < -0.3 is 34.7 Å². The number of carbonyl (C=O) groups excluding carboxylic acids is 2. The van der Waals surface area contributed by atoms with Crippen molar-refractivity contribution in [3.63, 3.8) is 0 Å². The van der Waals surface area contributed by atoms with E-state index >= 15 is 0 Å². The van der Waals surface area contributed by atoms with E-state index in [0.717, 1.165) is 16.9 Å². The Morgan fingerprint density at radius 3 is 2.62 bits per heavy atom. The van der Waals surface area contributed by atoms with E-state index in [1.54, 1.807) is 19.2 Å². The van der Waals surface area contributed by atoms with Crippen LogP contribution >= 0.6 is 0 Å². The van der Waals surface area contributed by atoms with Crippen LogP contribution in [0.1, 0.15) is 29.9 Å². The molecule has 2 aromatic carbocycles. The van der Waals surface area contributed by atoms with Crippen molar-refractivity contribution in [2.24, 2.45) is 0 Å². The predicted octanol–water partition coefficient (Wildman–Crippen LogP) is 1.98. The molecule has 0 aliphatic carbocycles. The van der Waals surface area contributed by atoms with Crippen molar-refractivity contribution >= 4 is 17.5 Å². The summed E-state index contributed by atoms with van der Waals surface area (Å²) in [6.07, 6.45) is -0.508. The summed E-state index contributed by atoms with van der Waals surface area (Å²) in [6.45, 7) is 0.159. The molecule has 2 aromatic rings. The number of rotatable bonds is 9. The number of benzene rings is 2. The molecule has 2 aliphatic heterocycles. The van der Waals surface area contributed by atoms with E-state index < -0.39 is 6.10 Å². The molecule has 34 heavy (non-hydrogen) atoms. The van der Waals surface area contributed by atoms with Crippen LogP contribution in [-0.2, 0) is 25.6 Å². The lowest BCUT2D eigenvalue weighted by Gasteiger charge is -2.37. The number of aliphatic hydroxyl groups is 1. The second kappa shape index (κ2) is 10.9. The predicted molar refractivity (Wildman–Crippen MR) is 124 cm³/mol. The maximum absolute atomic E-state index is 12.6. The highest BCUT2D eigenvalue weighted by Gasteiger charge is 2.46. The van der Waals surface area contributed by atoms with E-state index in [9.17, 15) is 14.7 Å². The molecular formula is C25H30N2O7. The summed E-state index contributed by atoms with van der Waals surface area (Å²) in [5.74, 6) is 1.03. The number of aliphatic hydroxyl groups excluding tert-OH is 1. The fraction of sp³-hybridized carbons (Fsp3) is 0.440. The van der Waals surface area contributed by atoms with Crippen LogP contribution in [0.15, 0.2) is 42.5 Å². The molecule has 0 unspecified atom stereocenters. The lowest BCUT2D eigenvalue weighted by atomic mass is 9.84. The van der Waals surface area contributed by atoms with Gasteiger partial charge in [-0.15, -0.1) is 0 Å². The molecule has 2 aliphatic rings. The van der Waals surface area contributed by atoms with Gasteiger partial charge in [0.05, 0.1) is 26.2 Å². The van der Waals surface area contributed by atoms with Crippen LogP contribution in [0.25, 0.3) is 0 Å². The van der Waals surface area contributed by atoms with E-state index in [-0.39, 0.29) is 49.6 Å². The molecule has 1 fully saturated rings. The molecule has 0 radical (unpaired) electrons. The van der Waals surface area contributed by atoms with Gasteiger partial charge in [0, 0.05) is 30.8 Å². The number of hydrogen-bond acceptors (Lipinski definition) is 7. The summed E-state index contributed by atoms with van der Waals surface area (Å²) in [4.78, 5) is 24.5. The van der Waals surface area contributed by atoms with E-state index in [0.29, 0.717) is 24.4 Å². The Kier molecular flexibility index (Phi) is 7.66. The largest absolute Gasteiger partial charge is 0.497 e. The van der Waals surface area contributed by atoms with Crippen molar-refractivity contribution in [2.75, 3.05) is 32.8 Å². The molecule has 0 bridgehead atoms. The fourth-order valence-corrected chi connectivity index (χ4v) is 4.52. The second-order valence-corrected chi connectivity index (χ2v) is 8.47. The Hall–Kier alpha value is -3.14. The van der Waals surface area contributed by atoms with Crippen molar-refractivity contribution < 1.29 is 33.6 Å². The van der Waals surface area contributed by atoms with E-state index in [1.165, 1.54) is 7.11 Å². The first kappa shape index (κ1) is 24.0. The molecule has 0 saturated carbocycles. The first-order valence-electron chi connectivity index (χ1n) is 11.3. The molecule has 2 heterocycles. The Bertz CT molecular complexity index is 1010. The average Bonchev–Trinajstić information content (AvgIpc) is 3.20. The number of anilines is 1. The summed E-state index contributed by atoms with van der Waals surface area (Å²) in [5, 5.41) is 15.6. The molecule has 0 aromatic heterocycles. The second-order valence-electron chi connectivity index (χ2n) is 8.47. The van der Waals surface area contributed by atoms with Crippen molar-refractivity contribution in [1.29, 1.82) is 0 Å². The van der Waals surface area contributed by atoms with Gasteiger partial charge in [-0.05, 0) is 42.3 Å².